The molecule has 0 spiro atoms. The van der Waals surface area contributed by atoms with Gasteiger partial charge in [-0.05, 0) is 71.4 Å². The Hall–Kier alpha value is -1.85. The first kappa shape index (κ1) is 26.7. The molecule has 0 aliphatic heterocycles. The molecule has 1 atom stereocenters. The van der Waals surface area contributed by atoms with E-state index in [2.05, 4.69) is 34.7 Å². The third kappa shape index (κ3) is 5.68. The first-order chi connectivity index (χ1) is 16.3. The molecular formula is C26H30BrClN2O3S. The van der Waals surface area contributed by atoms with E-state index in [1.807, 2.05) is 26.0 Å². The van der Waals surface area contributed by atoms with Crippen LogP contribution in [0.1, 0.15) is 55.8 Å². The summed E-state index contributed by atoms with van der Waals surface area (Å²) in [6, 6.07) is 5.59. The Bertz CT molecular complexity index is 1250. The van der Waals surface area contributed by atoms with Crippen LogP contribution in [0.3, 0.4) is 0 Å². The largest absolute Gasteiger partial charge is 0.496 e. The zero-order chi connectivity index (χ0) is 24.8. The summed E-state index contributed by atoms with van der Waals surface area (Å²) in [6.45, 7) is 6.34. The molecule has 0 bridgehead atoms. The molecule has 8 heteroatoms. The van der Waals surface area contributed by atoms with Crippen molar-refractivity contribution in [2.24, 2.45) is 0 Å². The van der Waals surface area contributed by atoms with Crippen molar-refractivity contribution >= 4 is 49.4 Å². The van der Waals surface area contributed by atoms with Gasteiger partial charge in [0.1, 0.15) is 29.0 Å². The van der Waals surface area contributed by atoms with Gasteiger partial charge in [0, 0.05) is 28.3 Å². The molecule has 1 unspecified atom stereocenters. The van der Waals surface area contributed by atoms with Crippen molar-refractivity contribution in [2.75, 3.05) is 14.2 Å². The van der Waals surface area contributed by atoms with Crippen LogP contribution in [0.4, 0.5) is 0 Å². The molecule has 3 rings (SSSR count). The van der Waals surface area contributed by atoms with Crippen molar-refractivity contribution in [1.82, 2.24) is 9.55 Å². The Morgan fingerprint density at radius 2 is 1.85 bits per heavy atom. The highest BCUT2D eigenvalue weighted by Gasteiger charge is 2.23. The van der Waals surface area contributed by atoms with E-state index in [-0.39, 0.29) is 6.73 Å². The second-order valence-corrected chi connectivity index (χ2v) is 10.7. The number of benzene rings is 1. The molecule has 2 heterocycles. The number of halogens is 2. The SMILES string of the molecule is CCCCCCC#Cc1nc2c(cc(Cl)n2COC)c(Br)c1S(=O)c1cc(C)c(OC)c(C)c1. The molecule has 0 amide bonds. The summed E-state index contributed by atoms with van der Waals surface area (Å²) in [7, 11) is 1.73. The van der Waals surface area contributed by atoms with Crippen molar-refractivity contribution in [1.29, 1.82) is 0 Å². The number of hydrogen-bond donors (Lipinski definition) is 0. The molecule has 0 aliphatic carbocycles. The van der Waals surface area contributed by atoms with Gasteiger partial charge in [-0.15, -0.1) is 0 Å². The van der Waals surface area contributed by atoms with E-state index in [0.717, 1.165) is 41.5 Å². The van der Waals surface area contributed by atoms with Gasteiger partial charge in [-0.3, -0.25) is 4.57 Å². The van der Waals surface area contributed by atoms with Crippen LogP contribution in [0.15, 0.2) is 32.5 Å². The van der Waals surface area contributed by atoms with Gasteiger partial charge in [0.2, 0.25) is 0 Å². The summed E-state index contributed by atoms with van der Waals surface area (Å²) in [5, 5.41) is 1.25. The maximum absolute atomic E-state index is 13.9. The number of rotatable bonds is 9. The molecule has 0 fully saturated rings. The highest BCUT2D eigenvalue weighted by molar-refractivity contribution is 9.10. The number of nitrogens with zero attached hydrogens (tertiary/aromatic N) is 2. The zero-order valence-electron chi connectivity index (χ0n) is 20.3. The Labute approximate surface area is 217 Å². The Morgan fingerprint density at radius 3 is 2.47 bits per heavy atom. The number of pyridine rings is 1. The number of aryl methyl sites for hydroxylation is 2. The molecule has 0 saturated carbocycles. The van der Waals surface area contributed by atoms with E-state index in [1.165, 1.54) is 12.8 Å². The van der Waals surface area contributed by atoms with Crippen LogP contribution < -0.4 is 4.74 Å². The standard InChI is InChI=1S/C26H30BrClN2O3S/c1-6-7-8-9-10-11-12-21-25(34(31)19-13-17(2)24(33-5)18(3)14-19)23(27)20-15-22(28)30(16-32-4)26(20)29-21/h13-15H,6-10,16H2,1-5H3. The number of methoxy groups -OCH3 is 2. The van der Waals surface area contributed by atoms with E-state index in [9.17, 15) is 4.21 Å². The smallest absolute Gasteiger partial charge is 0.145 e. The number of ether oxygens (including phenoxy) is 2. The number of aromatic nitrogens is 2. The van der Waals surface area contributed by atoms with E-state index < -0.39 is 10.8 Å². The lowest BCUT2D eigenvalue weighted by atomic mass is 10.1. The van der Waals surface area contributed by atoms with Crippen LogP contribution in [0, 0.1) is 25.7 Å². The second kappa shape index (κ2) is 12.2. The van der Waals surface area contributed by atoms with Crippen molar-refractivity contribution in [3.63, 3.8) is 0 Å². The first-order valence-corrected chi connectivity index (χ1v) is 13.6. The van der Waals surface area contributed by atoms with E-state index >= 15 is 0 Å². The summed E-state index contributed by atoms with van der Waals surface area (Å²) >= 11 is 10.2. The maximum atomic E-state index is 13.9. The molecule has 5 nitrogen and oxygen atoms in total. The summed E-state index contributed by atoms with van der Waals surface area (Å²) < 4.78 is 27.1. The molecule has 0 radical (unpaired) electrons. The zero-order valence-corrected chi connectivity index (χ0v) is 23.4. The van der Waals surface area contributed by atoms with Crippen LogP contribution in [-0.2, 0) is 22.3 Å². The van der Waals surface area contributed by atoms with Crippen molar-refractivity contribution < 1.29 is 13.7 Å². The third-order valence-electron chi connectivity index (χ3n) is 5.54. The minimum Gasteiger partial charge on any atom is -0.496 e. The summed E-state index contributed by atoms with van der Waals surface area (Å²) in [4.78, 5) is 6.03. The van der Waals surface area contributed by atoms with Gasteiger partial charge in [0.15, 0.2) is 0 Å². The van der Waals surface area contributed by atoms with Crippen LogP contribution in [0.25, 0.3) is 11.0 Å². The Balaban J connectivity index is 2.16. The van der Waals surface area contributed by atoms with Crippen LogP contribution in [0.2, 0.25) is 5.15 Å². The average Bonchev–Trinajstić information content (AvgIpc) is 3.11. The number of hydrogen-bond acceptors (Lipinski definition) is 4. The first-order valence-electron chi connectivity index (χ1n) is 11.3. The second-order valence-electron chi connectivity index (χ2n) is 8.13. The van der Waals surface area contributed by atoms with Crippen molar-refractivity contribution in [2.45, 2.75) is 69.4 Å². The highest BCUT2D eigenvalue weighted by atomic mass is 79.9. The minimum absolute atomic E-state index is 0.255. The fourth-order valence-electron chi connectivity index (χ4n) is 3.92. The topological polar surface area (TPSA) is 53.4 Å². The maximum Gasteiger partial charge on any atom is 0.145 e. The number of unbranched alkanes of at least 4 members (excludes halogenated alkanes) is 4. The monoisotopic (exact) mass is 564 g/mol. The fourth-order valence-corrected chi connectivity index (χ4v) is 6.43. The minimum atomic E-state index is -1.52. The van der Waals surface area contributed by atoms with Crippen molar-refractivity contribution in [3.05, 3.63) is 44.6 Å². The molecule has 1 aromatic carbocycles. The van der Waals surface area contributed by atoms with E-state index in [4.69, 9.17) is 26.1 Å². The fraction of sp³-hybridized carbons (Fsp3) is 0.423. The van der Waals surface area contributed by atoms with Crippen LogP contribution in [-0.4, -0.2) is 28.0 Å². The lowest BCUT2D eigenvalue weighted by Crippen LogP contribution is -2.06. The molecule has 182 valence electrons. The lowest BCUT2D eigenvalue weighted by molar-refractivity contribution is 0.134. The lowest BCUT2D eigenvalue weighted by Gasteiger charge is -2.13. The van der Waals surface area contributed by atoms with Gasteiger partial charge in [0.05, 0.1) is 22.8 Å². The Kier molecular flexibility index (Phi) is 9.61. The van der Waals surface area contributed by atoms with Gasteiger partial charge >= 0.3 is 0 Å². The molecule has 0 aliphatic rings. The quantitative estimate of drug-likeness (QED) is 0.204. The molecule has 3 aromatic rings. The van der Waals surface area contributed by atoms with Gasteiger partial charge in [-0.25, -0.2) is 9.19 Å². The molecule has 0 saturated heterocycles. The molecule has 34 heavy (non-hydrogen) atoms. The molecule has 0 N–H and O–H groups in total. The van der Waals surface area contributed by atoms with E-state index in [1.54, 1.807) is 24.9 Å². The summed E-state index contributed by atoms with van der Waals surface area (Å²) in [5.41, 5.74) is 2.96. The van der Waals surface area contributed by atoms with Gasteiger partial charge in [-0.1, -0.05) is 43.7 Å². The van der Waals surface area contributed by atoms with Gasteiger partial charge in [-0.2, -0.15) is 0 Å². The normalized spacial score (nSPS) is 12.0. The molecular weight excluding hydrogens is 536 g/mol. The molecule has 2 aromatic heterocycles. The predicted octanol–water partition coefficient (Wildman–Crippen LogP) is 7.17. The third-order valence-corrected chi connectivity index (χ3v) is 8.38. The average molecular weight is 566 g/mol. The van der Waals surface area contributed by atoms with Gasteiger partial charge < -0.3 is 9.47 Å². The highest BCUT2D eigenvalue weighted by Crippen LogP contribution is 2.37. The van der Waals surface area contributed by atoms with Crippen molar-refractivity contribution in [3.8, 4) is 17.6 Å². The summed E-state index contributed by atoms with van der Waals surface area (Å²) in [6.07, 6.45) is 5.33. The number of fused-ring (bicyclic) bond motifs is 1. The predicted molar refractivity (Wildman–Crippen MR) is 142 cm³/mol. The Morgan fingerprint density at radius 1 is 1.15 bits per heavy atom. The van der Waals surface area contributed by atoms with Gasteiger partial charge in [0.25, 0.3) is 0 Å². The summed E-state index contributed by atoms with van der Waals surface area (Å²) in [5.74, 6) is 7.23. The van der Waals surface area contributed by atoms with Crippen LogP contribution >= 0.6 is 27.5 Å². The van der Waals surface area contributed by atoms with E-state index in [0.29, 0.717) is 30.8 Å². The van der Waals surface area contributed by atoms with Crippen LogP contribution in [0.5, 0.6) is 5.75 Å².